The summed E-state index contributed by atoms with van der Waals surface area (Å²) in [6.45, 7) is -2.37. The van der Waals surface area contributed by atoms with Gasteiger partial charge in [-0.15, -0.1) is 5.10 Å². The number of rotatable bonds is 9. The van der Waals surface area contributed by atoms with E-state index in [1.54, 1.807) is 0 Å². The van der Waals surface area contributed by atoms with Gasteiger partial charge in [0.25, 0.3) is 11.4 Å². The van der Waals surface area contributed by atoms with Gasteiger partial charge in [-0.2, -0.15) is 17.9 Å². The standard InChI is InChI=1S/C27H19ClF5N7O6/c28-13-1-2-15(39-11-35-37-38-39)20(22(13)30)14-7-19(43)40-16(8-26(4-5-26)25(40)36-14)24(44)46-9-17(41)12-3-6-34-23(21(12)29)45-10-18(42)27(31,32)33/h1-3,6-7,11,16,18,42H,4-5,8-10H2. The molecule has 4 heterocycles. The number of aliphatic hydroxyl groups excluding tert-OH is 1. The first kappa shape index (κ1) is 31.2. The molecule has 4 aromatic rings. The molecule has 1 aliphatic carbocycles. The van der Waals surface area contributed by atoms with E-state index < -0.39 is 77.3 Å². The number of alkyl halides is 3. The summed E-state index contributed by atoms with van der Waals surface area (Å²) >= 11 is 6.03. The SMILES string of the molecule is O=C(COC(=O)C1CC2(CC2)c2nc(-c3c(-n4cnnn4)ccc(Cl)c3F)cc(=O)n21)c1ccnc(OCC(O)C(F)(F)F)c1F. The predicted molar refractivity (Wildman–Crippen MR) is 143 cm³/mol. The van der Waals surface area contributed by atoms with E-state index in [2.05, 4.69) is 30.2 Å². The number of Topliss-reactive ketones (excluding diaryl/α,β-unsaturated/α-hetero) is 1. The third-order valence-electron chi connectivity index (χ3n) is 7.63. The number of nitrogens with zero attached hydrogens (tertiary/aromatic N) is 7. The zero-order valence-electron chi connectivity index (χ0n) is 23.0. The summed E-state index contributed by atoms with van der Waals surface area (Å²) in [6.07, 6.45) is -4.66. The molecule has 6 rings (SSSR count). The van der Waals surface area contributed by atoms with Crippen LogP contribution in [-0.4, -0.2) is 77.1 Å². The second kappa shape index (κ2) is 11.5. The number of carbonyl (C=O) groups is 2. The molecule has 2 aliphatic rings. The number of esters is 1. The molecular weight excluding hydrogens is 649 g/mol. The minimum absolute atomic E-state index is 0.0776. The molecule has 1 aliphatic heterocycles. The summed E-state index contributed by atoms with van der Waals surface area (Å²) in [4.78, 5) is 47.3. The zero-order valence-corrected chi connectivity index (χ0v) is 23.8. The van der Waals surface area contributed by atoms with Gasteiger partial charge in [0.2, 0.25) is 5.78 Å². The van der Waals surface area contributed by atoms with Crippen LogP contribution < -0.4 is 10.3 Å². The van der Waals surface area contributed by atoms with Gasteiger partial charge in [-0.05, 0) is 47.9 Å². The van der Waals surface area contributed by atoms with Crippen LogP contribution in [0.2, 0.25) is 5.02 Å². The minimum Gasteiger partial charge on any atom is -0.472 e. The van der Waals surface area contributed by atoms with Crippen molar-refractivity contribution in [3.8, 4) is 22.8 Å². The molecule has 1 N–H and O–H groups in total. The van der Waals surface area contributed by atoms with Crippen molar-refractivity contribution in [3.05, 3.63) is 75.2 Å². The van der Waals surface area contributed by atoms with Crippen LogP contribution in [0.1, 0.15) is 41.5 Å². The number of hydrogen-bond donors (Lipinski definition) is 1. The summed E-state index contributed by atoms with van der Waals surface area (Å²) in [5.74, 6) is -5.17. The Hall–Kier alpha value is -4.84. The first-order valence-electron chi connectivity index (χ1n) is 13.4. The van der Waals surface area contributed by atoms with Crippen molar-refractivity contribution in [2.24, 2.45) is 0 Å². The van der Waals surface area contributed by atoms with Crippen molar-refractivity contribution in [2.75, 3.05) is 13.2 Å². The highest BCUT2D eigenvalue weighted by Crippen LogP contribution is 2.57. The number of carbonyl (C=O) groups excluding carboxylic acids is 2. The fraction of sp³-hybridized carbons (Fsp3) is 0.333. The maximum absolute atomic E-state index is 15.4. The lowest BCUT2D eigenvalue weighted by molar-refractivity contribution is -0.211. The van der Waals surface area contributed by atoms with Crippen LogP contribution in [0.25, 0.3) is 16.9 Å². The van der Waals surface area contributed by atoms with Gasteiger partial charge in [-0.3, -0.25) is 14.2 Å². The second-order valence-corrected chi connectivity index (χ2v) is 11.0. The largest absolute Gasteiger partial charge is 0.472 e. The van der Waals surface area contributed by atoms with Crippen molar-refractivity contribution in [1.29, 1.82) is 0 Å². The Labute approximate surface area is 258 Å². The van der Waals surface area contributed by atoms with Crippen LogP contribution in [0, 0.1) is 11.6 Å². The molecule has 0 bridgehead atoms. The Morgan fingerprint density at radius 1 is 1.17 bits per heavy atom. The van der Waals surface area contributed by atoms with Crippen LogP contribution in [0.15, 0.2) is 41.6 Å². The monoisotopic (exact) mass is 667 g/mol. The van der Waals surface area contributed by atoms with E-state index in [1.165, 1.54) is 18.5 Å². The average Bonchev–Trinajstić information content (AvgIpc) is 3.43. The van der Waals surface area contributed by atoms with Crippen LogP contribution in [0.4, 0.5) is 22.0 Å². The van der Waals surface area contributed by atoms with Gasteiger partial charge in [0, 0.05) is 17.7 Å². The molecular formula is C27H19ClF5N7O6. The number of hydrogen-bond acceptors (Lipinski definition) is 11. The number of pyridine rings is 1. The van der Waals surface area contributed by atoms with Crippen molar-refractivity contribution < 1.29 is 46.1 Å². The van der Waals surface area contributed by atoms with Crippen molar-refractivity contribution in [3.63, 3.8) is 0 Å². The summed E-state index contributed by atoms with van der Waals surface area (Å²) in [6, 6.07) is 3.43. The maximum atomic E-state index is 15.4. The van der Waals surface area contributed by atoms with Crippen molar-refractivity contribution in [1.82, 2.24) is 34.7 Å². The summed E-state index contributed by atoms with van der Waals surface area (Å²) in [5.41, 5.74) is -2.20. The highest BCUT2D eigenvalue weighted by molar-refractivity contribution is 6.31. The Bertz CT molecular complexity index is 1920. The van der Waals surface area contributed by atoms with Gasteiger partial charge in [0.1, 0.15) is 24.8 Å². The molecule has 2 atom stereocenters. The Morgan fingerprint density at radius 3 is 2.61 bits per heavy atom. The molecule has 3 aromatic heterocycles. The van der Waals surface area contributed by atoms with Gasteiger partial charge >= 0.3 is 12.1 Å². The van der Waals surface area contributed by atoms with Crippen LogP contribution in [-0.2, 0) is 14.9 Å². The fourth-order valence-corrected chi connectivity index (χ4v) is 5.32. The van der Waals surface area contributed by atoms with E-state index in [4.69, 9.17) is 21.4 Å². The topological polar surface area (TPSA) is 164 Å². The lowest BCUT2D eigenvalue weighted by Gasteiger charge is -2.16. The maximum Gasteiger partial charge on any atom is 0.417 e. The number of tetrazole rings is 1. The Morgan fingerprint density at radius 2 is 1.93 bits per heavy atom. The molecule has 0 amide bonds. The van der Waals surface area contributed by atoms with E-state index in [0.29, 0.717) is 12.8 Å². The number of aliphatic hydroxyl groups is 1. The summed E-state index contributed by atoms with van der Waals surface area (Å²) in [7, 11) is 0. The van der Waals surface area contributed by atoms with Crippen molar-refractivity contribution >= 4 is 23.4 Å². The smallest absolute Gasteiger partial charge is 0.417 e. The highest BCUT2D eigenvalue weighted by Gasteiger charge is 2.56. The highest BCUT2D eigenvalue weighted by atomic mass is 35.5. The quantitative estimate of drug-likeness (QED) is 0.159. The number of fused-ring (bicyclic) bond motifs is 2. The summed E-state index contributed by atoms with van der Waals surface area (Å²) < 4.78 is 79.7. The molecule has 1 saturated carbocycles. The lowest BCUT2D eigenvalue weighted by Crippen LogP contribution is -2.34. The summed E-state index contributed by atoms with van der Waals surface area (Å²) in [5, 5.41) is 19.7. The fourth-order valence-electron chi connectivity index (χ4n) is 5.16. The van der Waals surface area contributed by atoms with E-state index in [9.17, 15) is 31.9 Å². The Balaban J connectivity index is 1.23. The minimum atomic E-state index is -5.03. The number of halogens is 6. The normalized spacial score (nSPS) is 17.1. The van der Waals surface area contributed by atoms with Gasteiger partial charge in [0.05, 0.1) is 27.5 Å². The third-order valence-corrected chi connectivity index (χ3v) is 7.92. The number of aromatic nitrogens is 7. The molecule has 13 nitrogen and oxygen atoms in total. The van der Waals surface area contributed by atoms with Gasteiger partial charge in [-0.25, -0.2) is 23.5 Å². The van der Waals surface area contributed by atoms with Crippen LogP contribution in [0.5, 0.6) is 5.88 Å². The number of ether oxygens (including phenoxy) is 2. The van der Waals surface area contributed by atoms with E-state index >= 15 is 4.39 Å². The number of benzene rings is 1. The first-order valence-corrected chi connectivity index (χ1v) is 13.8. The molecule has 1 aromatic carbocycles. The second-order valence-electron chi connectivity index (χ2n) is 10.6. The van der Waals surface area contributed by atoms with Gasteiger partial charge < -0.3 is 14.6 Å². The van der Waals surface area contributed by atoms with Crippen LogP contribution in [0.3, 0.4) is 0 Å². The molecule has 46 heavy (non-hydrogen) atoms. The molecule has 0 saturated heterocycles. The molecule has 1 fully saturated rings. The average molecular weight is 668 g/mol. The molecule has 1 spiro atoms. The third kappa shape index (κ3) is 5.57. The number of ketones is 1. The lowest BCUT2D eigenvalue weighted by atomic mass is 10.0. The van der Waals surface area contributed by atoms with Gasteiger partial charge in [0.15, 0.2) is 24.3 Å². The molecule has 2 unspecified atom stereocenters. The molecule has 19 heteroatoms. The van der Waals surface area contributed by atoms with E-state index in [-0.39, 0.29) is 34.2 Å². The first-order chi connectivity index (χ1) is 21.8. The van der Waals surface area contributed by atoms with Gasteiger partial charge in [-0.1, -0.05) is 11.6 Å². The van der Waals surface area contributed by atoms with Crippen LogP contribution >= 0.6 is 11.6 Å². The van der Waals surface area contributed by atoms with E-state index in [1.807, 2.05) is 0 Å². The zero-order chi connectivity index (χ0) is 33.0. The predicted octanol–water partition coefficient (Wildman–Crippen LogP) is 2.92. The molecule has 0 radical (unpaired) electrons. The van der Waals surface area contributed by atoms with Crippen molar-refractivity contribution in [2.45, 2.75) is 43.0 Å². The molecule has 240 valence electrons. The van der Waals surface area contributed by atoms with E-state index in [0.717, 1.165) is 27.6 Å². The Kier molecular flexibility index (Phi) is 7.79.